The minimum atomic E-state index is 0.174. The van der Waals surface area contributed by atoms with Gasteiger partial charge in [-0.15, -0.1) is 0 Å². The van der Waals surface area contributed by atoms with Crippen LogP contribution in [-0.2, 0) is 5.41 Å². The van der Waals surface area contributed by atoms with Crippen molar-refractivity contribution in [1.29, 1.82) is 0 Å². The van der Waals surface area contributed by atoms with Crippen LogP contribution in [0, 0.1) is 0 Å². The lowest BCUT2D eigenvalue weighted by molar-refractivity contribution is 0.362. The highest BCUT2D eigenvalue weighted by Gasteiger charge is 2.44. The van der Waals surface area contributed by atoms with Crippen LogP contribution in [0.15, 0.2) is 28.8 Å². The normalized spacial score (nSPS) is 23.5. The van der Waals surface area contributed by atoms with E-state index in [4.69, 9.17) is 4.52 Å². The number of para-hydroxylation sites is 1. The molecule has 1 aromatic heterocycles. The topological polar surface area (TPSA) is 51.0 Å². The number of nitrogens with one attached hydrogen (secondary N) is 1. The molecule has 1 aromatic carbocycles. The van der Waals surface area contributed by atoms with Crippen molar-refractivity contribution in [1.82, 2.24) is 10.1 Å². The second kappa shape index (κ2) is 3.34. The first-order chi connectivity index (χ1) is 8.76. The van der Waals surface area contributed by atoms with E-state index in [-0.39, 0.29) is 11.3 Å². The Morgan fingerprint density at radius 3 is 3.00 bits per heavy atom. The highest BCUT2D eigenvalue weighted by Crippen LogP contribution is 2.46. The molecule has 1 aliphatic heterocycles. The minimum Gasteiger partial charge on any atom is -0.384 e. The molecule has 1 aliphatic carbocycles. The lowest BCUT2D eigenvalue weighted by atomic mass is 10.0. The van der Waals surface area contributed by atoms with Crippen LogP contribution in [0.1, 0.15) is 43.0 Å². The summed E-state index contributed by atoms with van der Waals surface area (Å²) in [6.07, 6.45) is 2.34. The van der Waals surface area contributed by atoms with Gasteiger partial charge in [0.15, 0.2) is 5.82 Å². The standard InChI is InChI=1S/C14H15N3O/c1-14(6-7-14)13-16-12(18-17-13)10-8-15-11-5-3-2-4-9(10)11/h2-5,10,15H,6-8H2,1H3. The van der Waals surface area contributed by atoms with Gasteiger partial charge in [0.2, 0.25) is 5.89 Å². The molecule has 1 fully saturated rings. The Morgan fingerprint density at radius 2 is 2.17 bits per heavy atom. The molecular formula is C14H15N3O. The molecule has 1 atom stereocenters. The van der Waals surface area contributed by atoms with Gasteiger partial charge in [-0.3, -0.25) is 0 Å². The number of hydrogen-bond acceptors (Lipinski definition) is 4. The SMILES string of the molecule is CC1(c2noc(C3CNc4ccccc43)n2)CC1. The van der Waals surface area contributed by atoms with E-state index in [2.05, 4.69) is 40.6 Å². The van der Waals surface area contributed by atoms with Crippen molar-refractivity contribution in [2.75, 3.05) is 11.9 Å². The summed E-state index contributed by atoms with van der Waals surface area (Å²) >= 11 is 0. The van der Waals surface area contributed by atoms with Crippen molar-refractivity contribution >= 4 is 5.69 Å². The fourth-order valence-electron chi connectivity index (χ4n) is 2.54. The second-order valence-corrected chi connectivity index (χ2v) is 5.54. The number of fused-ring (bicyclic) bond motifs is 1. The summed E-state index contributed by atoms with van der Waals surface area (Å²) in [5.41, 5.74) is 2.61. The maximum atomic E-state index is 5.47. The third kappa shape index (κ3) is 1.38. The zero-order chi connectivity index (χ0) is 12.2. The molecule has 1 N–H and O–H groups in total. The van der Waals surface area contributed by atoms with E-state index >= 15 is 0 Å². The van der Waals surface area contributed by atoms with E-state index in [1.807, 2.05) is 6.07 Å². The van der Waals surface area contributed by atoms with Crippen molar-refractivity contribution in [3.05, 3.63) is 41.5 Å². The van der Waals surface area contributed by atoms with E-state index in [0.29, 0.717) is 0 Å². The average Bonchev–Trinajstić information content (AvgIpc) is 2.86. The maximum Gasteiger partial charge on any atom is 0.236 e. The summed E-state index contributed by atoms with van der Waals surface area (Å²) in [6.45, 7) is 3.04. The van der Waals surface area contributed by atoms with Gasteiger partial charge in [0.1, 0.15) is 0 Å². The zero-order valence-electron chi connectivity index (χ0n) is 10.3. The van der Waals surface area contributed by atoms with Gasteiger partial charge in [-0.05, 0) is 24.5 Å². The predicted molar refractivity (Wildman–Crippen MR) is 67.7 cm³/mol. The summed E-state index contributed by atoms with van der Waals surface area (Å²) in [4.78, 5) is 4.61. The summed E-state index contributed by atoms with van der Waals surface area (Å²) in [7, 11) is 0. The lowest BCUT2D eigenvalue weighted by Gasteiger charge is -2.03. The van der Waals surface area contributed by atoms with Gasteiger partial charge in [-0.25, -0.2) is 0 Å². The van der Waals surface area contributed by atoms with Crippen molar-refractivity contribution < 1.29 is 4.52 Å². The number of aromatic nitrogens is 2. The maximum absolute atomic E-state index is 5.47. The molecule has 4 nitrogen and oxygen atoms in total. The summed E-state index contributed by atoms with van der Waals surface area (Å²) in [6, 6.07) is 8.31. The first-order valence-electron chi connectivity index (χ1n) is 6.43. The van der Waals surface area contributed by atoms with E-state index in [0.717, 1.165) is 18.3 Å². The molecule has 2 aliphatic rings. The number of rotatable bonds is 2. The number of benzene rings is 1. The van der Waals surface area contributed by atoms with Crippen molar-refractivity contribution in [2.45, 2.75) is 31.1 Å². The average molecular weight is 241 g/mol. The molecule has 2 heterocycles. The lowest BCUT2D eigenvalue weighted by Crippen LogP contribution is -2.06. The molecular weight excluding hydrogens is 226 g/mol. The van der Waals surface area contributed by atoms with Crippen LogP contribution in [0.2, 0.25) is 0 Å². The Labute approximate surface area is 105 Å². The molecule has 0 radical (unpaired) electrons. The monoisotopic (exact) mass is 241 g/mol. The third-order valence-corrected chi connectivity index (χ3v) is 4.11. The van der Waals surface area contributed by atoms with Crippen LogP contribution in [0.3, 0.4) is 0 Å². The molecule has 1 unspecified atom stereocenters. The molecule has 4 rings (SSSR count). The van der Waals surface area contributed by atoms with Gasteiger partial charge in [0.05, 0.1) is 5.92 Å². The number of nitrogens with zero attached hydrogens (tertiary/aromatic N) is 2. The van der Waals surface area contributed by atoms with Gasteiger partial charge >= 0.3 is 0 Å². The van der Waals surface area contributed by atoms with Gasteiger partial charge in [-0.2, -0.15) is 4.98 Å². The van der Waals surface area contributed by atoms with Crippen LogP contribution in [0.5, 0.6) is 0 Å². The van der Waals surface area contributed by atoms with Gasteiger partial charge in [-0.1, -0.05) is 30.3 Å². The summed E-state index contributed by atoms with van der Waals surface area (Å²) in [5, 5.41) is 7.54. The largest absolute Gasteiger partial charge is 0.384 e. The third-order valence-electron chi connectivity index (χ3n) is 4.11. The second-order valence-electron chi connectivity index (χ2n) is 5.54. The van der Waals surface area contributed by atoms with Crippen LogP contribution < -0.4 is 5.32 Å². The Kier molecular flexibility index (Phi) is 1.88. The first-order valence-corrected chi connectivity index (χ1v) is 6.43. The number of hydrogen-bond donors (Lipinski definition) is 1. The molecule has 0 saturated heterocycles. The van der Waals surface area contributed by atoms with Gasteiger partial charge in [0.25, 0.3) is 0 Å². The highest BCUT2D eigenvalue weighted by molar-refractivity contribution is 5.59. The molecule has 0 bridgehead atoms. The van der Waals surface area contributed by atoms with Crippen LogP contribution in [0.25, 0.3) is 0 Å². The molecule has 92 valence electrons. The fraction of sp³-hybridized carbons (Fsp3) is 0.429. The Balaban J connectivity index is 1.70. The van der Waals surface area contributed by atoms with E-state index in [1.54, 1.807) is 0 Å². The molecule has 18 heavy (non-hydrogen) atoms. The summed E-state index contributed by atoms with van der Waals surface area (Å²) in [5.74, 6) is 1.82. The van der Waals surface area contributed by atoms with Crippen LogP contribution >= 0.6 is 0 Å². The van der Waals surface area contributed by atoms with Crippen molar-refractivity contribution in [2.24, 2.45) is 0 Å². The van der Waals surface area contributed by atoms with Gasteiger partial charge in [0, 0.05) is 17.6 Å². The predicted octanol–water partition coefficient (Wildman–Crippen LogP) is 2.68. The fourth-order valence-corrected chi connectivity index (χ4v) is 2.54. The molecule has 0 spiro atoms. The zero-order valence-corrected chi connectivity index (χ0v) is 10.3. The molecule has 0 amide bonds. The first kappa shape index (κ1) is 10.1. The Morgan fingerprint density at radius 1 is 1.33 bits per heavy atom. The van der Waals surface area contributed by atoms with Crippen LogP contribution in [-0.4, -0.2) is 16.7 Å². The van der Waals surface area contributed by atoms with Crippen LogP contribution in [0.4, 0.5) is 5.69 Å². The Hall–Kier alpha value is -1.84. The van der Waals surface area contributed by atoms with Gasteiger partial charge < -0.3 is 9.84 Å². The van der Waals surface area contributed by atoms with Crippen molar-refractivity contribution in [3.8, 4) is 0 Å². The quantitative estimate of drug-likeness (QED) is 0.878. The van der Waals surface area contributed by atoms with E-state index < -0.39 is 0 Å². The van der Waals surface area contributed by atoms with Crippen molar-refractivity contribution in [3.63, 3.8) is 0 Å². The molecule has 2 aromatic rings. The summed E-state index contributed by atoms with van der Waals surface area (Å²) < 4.78 is 5.47. The van der Waals surface area contributed by atoms with E-state index in [9.17, 15) is 0 Å². The molecule has 1 saturated carbocycles. The number of anilines is 1. The highest BCUT2D eigenvalue weighted by atomic mass is 16.5. The smallest absolute Gasteiger partial charge is 0.236 e. The minimum absolute atomic E-state index is 0.174. The Bertz CT molecular complexity index is 601. The van der Waals surface area contributed by atoms with E-state index in [1.165, 1.54) is 24.1 Å². The molecule has 4 heteroatoms.